The minimum atomic E-state index is -0.944. The molecule has 0 aliphatic carbocycles. The molecule has 1 amide bonds. The third kappa shape index (κ3) is 4.46. The fourth-order valence-electron chi connectivity index (χ4n) is 4.21. The van der Waals surface area contributed by atoms with Crippen LogP contribution in [0.25, 0.3) is 5.76 Å². The number of ketones is 1. The van der Waals surface area contributed by atoms with Crippen molar-refractivity contribution in [1.82, 2.24) is 4.98 Å². The number of phenols is 1. The lowest BCUT2D eigenvalue weighted by Gasteiger charge is -2.23. The van der Waals surface area contributed by atoms with Gasteiger partial charge in [-0.15, -0.1) is 11.3 Å². The van der Waals surface area contributed by atoms with E-state index < -0.39 is 17.7 Å². The number of hydrogen-bond acceptors (Lipinski definition) is 7. The summed E-state index contributed by atoms with van der Waals surface area (Å²) in [5.41, 5.74) is 2.95. The van der Waals surface area contributed by atoms with E-state index in [9.17, 15) is 19.8 Å². The van der Waals surface area contributed by atoms with Crippen LogP contribution >= 0.6 is 11.3 Å². The third-order valence-electron chi connectivity index (χ3n) is 5.87. The predicted octanol–water partition coefficient (Wildman–Crippen LogP) is 5.36. The van der Waals surface area contributed by atoms with Gasteiger partial charge < -0.3 is 14.9 Å². The SMILES string of the molecule is Cc1cccc(COc2ccc(C(O)=C3C(=O)C(=O)N(c4nccs4)C3c3cccc(O)c3)cc2)c1. The number of rotatable bonds is 6. The number of aliphatic hydroxyl groups excluding tert-OH is 1. The number of carbonyl (C=O) groups excluding carboxylic acids is 2. The number of aromatic nitrogens is 1. The van der Waals surface area contributed by atoms with E-state index in [1.807, 2.05) is 31.2 Å². The Hall–Kier alpha value is -4.43. The minimum Gasteiger partial charge on any atom is -0.508 e. The molecule has 0 bridgehead atoms. The molecule has 1 unspecified atom stereocenters. The summed E-state index contributed by atoms with van der Waals surface area (Å²) < 4.78 is 5.85. The van der Waals surface area contributed by atoms with E-state index in [2.05, 4.69) is 4.98 Å². The molecule has 1 aromatic heterocycles. The number of aromatic hydroxyl groups is 1. The van der Waals surface area contributed by atoms with Gasteiger partial charge in [0.15, 0.2) is 5.13 Å². The molecule has 1 atom stereocenters. The molecule has 36 heavy (non-hydrogen) atoms. The Morgan fingerprint density at radius 1 is 1.06 bits per heavy atom. The Bertz CT molecular complexity index is 1460. The highest BCUT2D eigenvalue weighted by Gasteiger charge is 2.48. The van der Waals surface area contributed by atoms with Crippen molar-refractivity contribution < 1.29 is 24.5 Å². The number of carbonyl (C=O) groups is 2. The molecule has 4 aromatic rings. The van der Waals surface area contributed by atoms with E-state index in [1.54, 1.807) is 41.8 Å². The van der Waals surface area contributed by atoms with Crippen molar-refractivity contribution in [3.05, 3.63) is 112 Å². The maximum absolute atomic E-state index is 13.1. The van der Waals surface area contributed by atoms with Crippen molar-refractivity contribution in [1.29, 1.82) is 0 Å². The zero-order valence-electron chi connectivity index (χ0n) is 19.3. The second kappa shape index (κ2) is 9.67. The Labute approximate surface area is 211 Å². The van der Waals surface area contributed by atoms with Crippen molar-refractivity contribution in [2.75, 3.05) is 4.90 Å². The second-order valence-electron chi connectivity index (χ2n) is 8.38. The van der Waals surface area contributed by atoms with Gasteiger partial charge in [-0.05, 0) is 54.4 Å². The minimum absolute atomic E-state index is 0.0210. The van der Waals surface area contributed by atoms with Gasteiger partial charge in [0, 0.05) is 17.1 Å². The molecule has 2 heterocycles. The van der Waals surface area contributed by atoms with Crippen LogP contribution in [0.4, 0.5) is 5.13 Å². The number of nitrogens with zero attached hydrogens (tertiary/aromatic N) is 2. The van der Waals surface area contributed by atoms with Crippen molar-refractivity contribution in [2.45, 2.75) is 19.6 Å². The lowest BCUT2D eigenvalue weighted by Crippen LogP contribution is -2.29. The Morgan fingerprint density at radius 2 is 1.83 bits per heavy atom. The number of amides is 1. The topological polar surface area (TPSA) is 100.0 Å². The number of anilines is 1. The zero-order valence-corrected chi connectivity index (χ0v) is 20.1. The molecule has 0 saturated carbocycles. The number of aryl methyl sites for hydroxylation is 1. The molecule has 1 saturated heterocycles. The quantitative estimate of drug-likeness (QED) is 0.211. The summed E-state index contributed by atoms with van der Waals surface area (Å²) in [4.78, 5) is 31.6. The maximum atomic E-state index is 13.1. The Balaban J connectivity index is 1.49. The Kier molecular flexibility index (Phi) is 6.26. The van der Waals surface area contributed by atoms with Gasteiger partial charge in [0.1, 0.15) is 23.9 Å². The fourth-order valence-corrected chi connectivity index (χ4v) is 4.88. The summed E-state index contributed by atoms with van der Waals surface area (Å²) in [5, 5.41) is 23.3. The normalized spacial score (nSPS) is 16.9. The first-order chi connectivity index (χ1) is 17.4. The van der Waals surface area contributed by atoms with Gasteiger partial charge in [-0.1, -0.05) is 42.0 Å². The van der Waals surface area contributed by atoms with E-state index in [4.69, 9.17) is 4.74 Å². The molecule has 1 aliphatic rings. The first-order valence-electron chi connectivity index (χ1n) is 11.2. The number of Topliss-reactive ketones (excluding diaryl/α,β-unsaturated/α-hetero) is 1. The van der Waals surface area contributed by atoms with Crippen LogP contribution in [-0.2, 0) is 16.2 Å². The summed E-state index contributed by atoms with van der Waals surface area (Å²) in [5.74, 6) is -1.35. The average Bonchev–Trinajstić information content (AvgIpc) is 3.49. The molecule has 1 aliphatic heterocycles. The molecule has 7 nitrogen and oxygen atoms in total. The van der Waals surface area contributed by atoms with E-state index in [0.29, 0.717) is 28.6 Å². The van der Waals surface area contributed by atoms with Crippen molar-refractivity contribution >= 4 is 33.9 Å². The highest BCUT2D eigenvalue weighted by molar-refractivity contribution is 7.14. The second-order valence-corrected chi connectivity index (χ2v) is 9.25. The molecule has 2 N–H and O–H groups in total. The molecule has 180 valence electrons. The molecule has 3 aromatic carbocycles. The van der Waals surface area contributed by atoms with Gasteiger partial charge in [-0.25, -0.2) is 4.98 Å². The van der Waals surface area contributed by atoms with Gasteiger partial charge in [-0.3, -0.25) is 14.5 Å². The van der Waals surface area contributed by atoms with E-state index >= 15 is 0 Å². The molecule has 8 heteroatoms. The van der Waals surface area contributed by atoms with Crippen LogP contribution < -0.4 is 9.64 Å². The summed E-state index contributed by atoms with van der Waals surface area (Å²) in [7, 11) is 0. The summed E-state index contributed by atoms with van der Waals surface area (Å²) >= 11 is 1.20. The van der Waals surface area contributed by atoms with E-state index in [0.717, 1.165) is 11.1 Å². The highest BCUT2D eigenvalue weighted by Crippen LogP contribution is 2.43. The van der Waals surface area contributed by atoms with E-state index in [1.165, 1.54) is 34.6 Å². The molecular formula is C28H22N2O5S. The van der Waals surface area contributed by atoms with Crippen molar-refractivity contribution in [3.63, 3.8) is 0 Å². The number of hydrogen-bond donors (Lipinski definition) is 2. The van der Waals surface area contributed by atoms with Crippen LogP contribution in [0, 0.1) is 6.92 Å². The molecule has 0 radical (unpaired) electrons. The van der Waals surface area contributed by atoms with Gasteiger partial charge >= 0.3 is 5.91 Å². The molecule has 0 spiro atoms. The predicted molar refractivity (Wildman–Crippen MR) is 137 cm³/mol. The highest BCUT2D eigenvalue weighted by atomic mass is 32.1. The first kappa shape index (κ1) is 23.3. The van der Waals surface area contributed by atoms with Gasteiger partial charge in [0.2, 0.25) is 0 Å². The van der Waals surface area contributed by atoms with Crippen LogP contribution in [0.3, 0.4) is 0 Å². The number of aliphatic hydroxyl groups is 1. The molecule has 1 fully saturated rings. The van der Waals surface area contributed by atoms with Crippen LogP contribution in [0.1, 0.15) is 28.3 Å². The lowest BCUT2D eigenvalue weighted by molar-refractivity contribution is -0.132. The van der Waals surface area contributed by atoms with Crippen LogP contribution in [0.5, 0.6) is 11.5 Å². The van der Waals surface area contributed by atoms with Crippen LogP contribution in [-0.4, -0.2) is 26.9 Å². The number of phenolic OH excluding ortho intramolecular Hbond substituents is 1. The molecule has 5 rings (SSSR count). The number of benzene rings is 3. The van der Waals surface area contributed by atoms with Gasteiger partial charge in [0.25, 0.3) is 5.78 Å². The summed E-state index contributed by atoms with van der Waals surface area (Å²) in [6.07, 6.45) is 1.54. The molecular weight excluding hydrogens is 476 g/mol. The van der Waals surface area contributed by atoms with Gasteiger partial charge in [0.05, 0.1) is 11.6 Å². The van der Waals surface area contributed by atoms with Crippen molar-refractivity contribution in [3.8, 4) is 11.5 Å². The average molecular weight is 499 g/mol. The monoisotopic (exact) mass is 498 g/mol. The first-order valence-corrected chi connectivity index (χ1v) is 12.1. The zero-order chi connectivity index (χ0) is 25.2. The fraction of sp³-hybridized carbons (Fsp3) is 0.107. The number of ether oxygens (including phenoxy) is 1. The maximum Gasteiger partial charge on any atom is 0.301 e. The number of thiazole rings is 1. The summed E-state index contributed by atoms with van der Waals surface area (Å²) in [6, 6.07) is 20.0. The lowest BCUT2D eigenvalue weighted by atomic mass is 9.95. The summed E-state index contributed by atoms with van der Waals surface area (Å²) in [6.45, 7) is 2.41. The van der Waals surface area contributed by atoms with Crippen LogP contribution in [0.15, 0.2) is 89.9 Å². The van der Waals surface area contributed by atoms with Crippen molar-refractivity contribution in [2.24, 2.45) is 0 Å². The standard InChI is InChI=1S/C28H22N2O5S/c1-17-4-2-5-18(14-17)16-35-22-10-8-19(9-11-22)25(32)23-24(20-6-3-7-21(31)15-20)30(27(34)26(23)33)28-29-12-13-36-28/h2-15,24,31-32H,16H2,1H3. The smallest absolute Gasteiger partial charge is 0.301 e. The van der Waals surface area contributed by atoms with E-state index in [-0.39, 0.29) is 17.1 Å². The Morgan fingerprint density at radius 3 is 2.53 bits per heavy atom. The van der Waals surface area contributed by atoms with Crippen LogP contribution in [0.2, 0.25) is 0 Å². The third-order valence-corrected chi connectivity index (χ3v) is 6.64. The van der Waals surface area contributed by atoms with Gasteiger partial charge in [-0.2, -0.15) is 0 Å². The largest absolute Gasteiger partial charge is 0.508 e.